The van der Waals surface area contributed by atoms with Crippen LogP contribution in [0, 0.1) is 0 Å². The summed E-state index contributed by atoms with van der Waals surface area (Å²) in [4.78, 5) is 37.3. The van der Waals surface area contributed by atoms with Gasteiger partial charge in [-0.05, 0) is 70.3 Å². The lowest BCUT2D eigenvalue weighted by Crippen LogP contribution is -2.46. The molecule has 1 aromatic rings. The van der Waals surface area contributed by atoms with Gasteiger partial charge in [0.2, 0.25) is 5.91 Å². The molecule has 1 aromatic carbocycles. The number of hydrogen-bond acceptors (Lipinski definition) is 6. The molecule has 2 heterocycles. The Morgan fingerprint density at radius 2 is 1.77 bits per heavy atom. The number of nitrogens with one attached hydrogen (secondary N) is 1. The highest BCUT2D eigenvalue weighted by molar-refractivity contribution is 5.99. The van der Waals surface area contributed by atoms with E-state index >= 15 is 0 Å². The highest BCUT2D eigenvalue weighted by atomic mass is 16.6. The van der Waals surface area contributed by atoms with Gasteiger partial charge in [-0.3, -0.25) is 19.7 Å². The van der Waals surface area contributed by atoms with Gasteiger partial charge in [0, 0.05) is 19.4 Å². The quantitative estimate of drug-likeness (QED) is 0.567. The van der Waals surface area contributed by atoms with Crippen molar-refractivity contribution in [2.75, 3.05) is 19.6 Å². The van der Waals surface area contributed by atoms with E-state index in [1.165, 1.54) is 5.56 Å². The van der Waals surface area contributed by atoms with Gasteiger partial charge in [-0.25, -0.2) is 0 Å². The summed E-state index contributed by atoms with van der Waals surface area (Å²) in [5.74, 6) is 0.369. The van der Waals surface area contributed by atoms with Crippen LogP contribution in [0.5, 0.6) is 5.75 Å². The van der Waals surface area contributed by atoms with Crippen LogP contribution in [0.1, 0.15) is 64.4 Å². The Morgan fingerprint density at radius 3 is 2.37 bits per heavy atom. The second-order valence-electron chi connectivity index (χ2n) is 9.08. The second kappa shape index (κ2) is 9.60. The molecule has 7 heteroatoms. The number of esters is 1. The number of likely N-dealkylation sites (tertiary alicyclic amines) is 1. The van der Waals surface area contributed by atoms with Crippen LogP contribution in [0.2, 0.25) is 0 Å². The van der Waals surface area contributed by atoms with E-state index in [2.05, 4.69) is 22.3 Å². The number of benzene rings is 1. The third kappa shape index (κ3) is 6.55. The average molecular weight is 417 g/mol. The van der Waals surface area contributed by atoms with Gasteiger partial charge in [0.25, 0.3) is 5.91 Å². The van der Waals surface area contributed by atoms with Crippen LogP contribution < -0.4 is 10.1 Å². The Bertz CT molecular complexity index is 761. The van der Waals surface area contributed by atoms with Crippen molar-refractivity contribution in [3.8, 4) is 5.75 Å². The summed E-state index contributed by atoms with van der Waals surface area (Å²) in [7, 11) is 0. The van der Waals surface area contributed by atoms with Crippen LogP contribution in [0.3, 0.4) is 0 Å². The molecule has 164 valence electrons. The first-order valence-corrected chi connectivity index (χ1v) is 10.7. The highest BCUT2D eigenvalue weighted by Gasteiger charge is 2.28. The molecule has 0 aromatic heterocycles. The summed E-state index contributed by atoms with van der Waals surface area (Å²) in [5.41, 5.74) is 0.829. The third-order valence-corrected chi connectivity index (χ3v) is 5.46. The second-order valence-corrected chi connectivity index (χ2v) is 9.08. The van der Waals surface area contributed by atoms with E-state index in [1.54, 1.807) is 0 Å². The fourth-order valence-electron chi connectivity index (χ4n) is 3.90. The normalized spacial score (nSPS) is 21.2. The molecular formula is C23H32N2O5. The molecule has 3 rings (SSSR count). The standard InChI is InChI=1S/C23H32N2O5/c1-23(2,3)30-21(27)12-15-25-13-10-17(11-14-25)16-4-6-18(7-5-16)29-19-8-9-20(26)24-22(19)28/h4-7,17,19H,8-15H2,1-3H3,(H,24,26,28)/t19-/m0/s1. The number of hydrogen-bond donors (Lipinski definition) is 1. The van der Waals surface area contributed by atoms with E-state index in [0.717, 1.165) is 32.5 Å². The van der Waals surface area contributed by atoms with Crippen molar-refractivity contribution in [3.05, 3.63) is 29.8 Å². The van der Waals surface area contributed by atoms with Crippen molar-refractivity contribution in [1.82, 2.24) is 10.2 Å². The SMILES string of the molecule is CC(C)(C)OC(=O)CCN1CCC(c2ccc(O[C@H]3CCC(=O)NC3=O)cc2)CC1. The molecule has 7 nitrogen and oxygen atoms in total. The lowest BCUT2D eigenvalue weighted by atomic mass is 9.89. The molecule has 1 atom stereocenters. The van der Waals surface area contributed by atoms with Crippen molar-refractivity contribution in [1.29, 1.82) is 0 Å². The van der Waals surface area contributed by atoms with Crippen LogP contribution >= 0.6 is 0 Å². The van der Waals surface area contributed by atoms with Crippen LogP contribution in [-0.2, 0) is 19.1 Å². The van der Waals surface area contributed by atoms with Gasteiger partial charge < -0.3 is 14.4 Å². The van der Waals surface area contributed by atoms with Crippen LogP contribution in [0.4, 0.5) is 0 Å². The third-order valence-electron chi connectivity index (χ3n) is 5.46. The smallest absolute Gasteiger partial charge is 0.307 e. The monoisotopic (exact) mass is 416 g/mol. The number of nitrogens with zero attached hydrogens (tertiary/aromatic N) is 1. The first kappa shape index (κ1) is 22.3. The predicted molar refractivity (Wildman–Crippen MR) is 112 cm³/mol. The molecule has 0 bridgehead atoms. The van der Waals surface area contributed by atoms with Crippen molar-refractivity contribution in [3.63, 3.8) is 0 Å². The van der Waals surface area contributed by atoms with E-state index in [-0.39, 0.29) is 17.8 Å². The molecule has 0 radical (unpaired) electrons. The molecule has 2 fully saturated rings. The number of carbonyl (C=O) groups is 3. The minimum atomic E-state index is -0.609. The summed E-state index contributed by atoms with van der Waals surface area (Å²) < 4.78 is 11.1. The highest BCUT2D eigenvalue weighted by Crippen LogP contribution is 2.29. The first-order chi connectivity index (χ1) is 14.2. The van der Waals surface area contributed by atoms with Gasteiger partial charge >= 0.3 is 5.97 Å². The zero-order valence-electron chi connectivity index (χ0n) is 18.1. The van der Waals surface area contributed by atoms with Gasteiger partial charge in [-0.15, -0.1) is 0 Å². The molecule has 2 aliphatic rings. The molecule has 30 heavy (non-hydrogen) atoms. The van der Waals surface area contributed by atoms with E-state index < -0.39 is 11.7 Å². The molecule has 0 spiro atoms. The van der Waals surface area contributed by atoms with E-state index in [0.29, 0.717) is 30.9 Å². The number of rotatable bonds is 6. The summed E-state index contributed by atoms with van der Waals surface area (Å²) in [5, 5.41) is 2.31. The Balaban J connectivity index is 1.43. The van der Waals surface area contributed by atoms with Crippen LogP contribution in [-0.4, -0.2) is 54.0 Å². The Hall–Kier alpha value is -2.41. The van der Waals surface area contributed by atoms with Gasteiger partial charge in [-0.2, -0.15) is 0 Å². The van der Waals surface area contributed by atoms with Gasteiger partial charge in [0.15, 0.2) is 6.10 Å². The van der Waals surface area contributed by atoms with Crippen LogP contribution in [0.25, 0.3) is 0 Å². The van der Waals surface area contributed by atoms with Gasteiger partial charge in [-0.1, -0.05) is 12.1 Å². The minimum Gasteiger partial charge on any atom is -0.481 e. The minimum absolute atomic E-state index is 0.142. The predicted octanol–water partition coefficient (Wildman–Crippen LogP) is 2.78. The fraction of sp³-hybridized carbons (Fsp3) is 0.609. The summed E-state index contributed by atoms with van der Waals surface area (Å²) >= 11 is 0. The number of imide groups is 1. The zero-order chi connectivity index (χ0) is 21.7. The molecule has 2 amide bonds. The van der Waals surface area contributed by atoms with Crippen molar-refractivity contribution < 1.29 is 23.9 Å². The maximum Gasteiger partial charge on any atom is 0.307 e. The number of ether oxygens (including phenoxy) is 2. The maximum atomic E-state index is 11.9. The zero-order valence-corrected chi connectivity index (χ0v) is 18.1. The largest absolute Gasteiger partial charge is 0.481 e. The fourth-order valence-corrected chi connectivity index (χ4v) is 3.90. The molecule has 2 aliphatic heterocycles. The molecule has 1 N–H and O–H groups in total. The van der Waals surface area contributed by atoms with Crippen molar-refractivity contribution in [2.45, 2.75) is 70.5 Å². The summed E-state index contributed by atoms with van der Waals surface area (Å²) in [6.45, 7) is 8.32. The van der Waals surface area contributed by atoms with E-state index in [9.17, 15) is 14.4 Å². The van der Waals surface area contributed by atoms with Gasteiger partial charge in [0.1, 0.15) is 11.4 Å². The number of piperidine rings is 2. The Kier molecular flexibility index (Phi) is 7.13. The molecule has 2 saturated heterocycles. The summed E-state index contributed by atoms with van der Waals surface area (Å²) in [6, 6.07) is 7.91. The molecule has 0 unspecified atom stereocenters. The maximum absolute atomic E-state index is 11.9. The summed E-state index contributed by atoms with van der Waals surface area (Å²) in [6.07, 6.45) is 2.62. The van der Waals surface area contributed by atoms with Crippen molar-refractivity contribution in [2.24, 2.45) is 0 Å². The van der Waals surface area contributed by atoms with E-state index in [4.69, 9.17) is 9.47 Å². The molecular weight excluding hydrogens is 384 g/mol. The Morgan fingerprint density at radius 1 is 1.10 bits per heavy atom. The first-order valence-electron chi connectivity index (χ1n) is 10.7. The Labute approximate surface area is 178 Å². The van der Waals surface area contributed by atoms with Crippen molar-refractivity contribution >= 4 is 17.8 Å². The molecule has 0 aliphatic carbocycles. The number of carbonyl (C=O) groups excluding carboxylic acids is 3. The van der Waals surface area contributed by atoms with Gasteiger partial charge in [0.05, 0.1) is 6.42 Å². The average Bonchev–Trinajstić information content (AvgIpc) is 2.68. The topological polar surface area (TPSA) is 84.9 Å². The lowest BCUT2D eigenvalue weighted by Gasteiger charge is -2.32. The van der Waals surface area contributed by atoms with E-state index in [1.807, 2.05) is 32.9 Å². The van der Waals surface area contributed by atoms with Crippen LogP contribution in [0.15, 0.2) is 24.3 Å². The lowest BCUT2D eigenvalue weighted by molar-refractivity contribution is -0.155. The number of amides is 2. The molecule has 0 saturated carbocycles.